The van der Waals surface area contributed by atoms with Crippen LogP contribution >= 0.6 is 0 Å². The molecule has 1 aromatic carbocycles. The topological polar surface area (TPSA) is 58.2 Å². The molecular weight excluding hydrogens is 272 g/mol. The predicted molar refractivity (Wildman–Crippen MR) is 80.8 cm³/mol. The van der Waals surface area contributed by atoms with E-state index >= 15 is 0 Å². The van der Waals surface area contributed by atoms with E-state index in [4.69, 9.17) is 0 Å². The van der Waals surface area contributed by atoms with Gasteiger partial charge in [0.05, 0.1) is 4.90 Å². The molecule has 1 aromatic rings. The van der Waals surface area contributed by atoms with Gasteiger partial charge in [0.25, 0.3) is 0 Å². The Hall–Kier alpha value is -0.910. The highest BCUT2D eigenvalue weighted by Crippen LogP contribution is 2.20. The lowest BCUT2D eigenvalue weighted by Crippen LogP contribution is -2.33. The smallest absolute Gasteiger partial charge is 0.240 e. The van der Waals surface area contributed by atoms with Crippen LogP contribution in [0.4, 0.5) is 0 Å². The highest BCUT2D eigenvalue weighted by molar-refractivity contribution is 7.89. The van der Waals surface area contributed by atoms with Crippen molar-refractivity contribution in [3.8, 4) is 0 Å². The summed E-state index contributed by atoms with van der Waals surface area (Å²) in [5, 5.41) is 3.23. The summed E-state index contributed by atoms with van der Waals surface area (Å²) in [5.41, 5.74) is 2.28. The Labute approximate surface area is 122 Å². The molecule has 2 N–H and O–H groups in total. The normalized spacial score (nSPS) is 17.8. The SMILES string of the molecule is CCC(C)CC(C)NS(=O)(=O)c1ccc2c(c1)CNC2. The second-order valence-electron chi connectivity index (χ2n) is 5.81. The van der Waals surface area contributed by atoms with Crippen LogP contribution in [0.15, 0.2) is 23.1 Å². The first kappa shape index (κ1) is 15.5. The van der Waals surface area contributed by atoms with Crippen LogP contribution in [0, 0.1) is 5.92 Å². The highest BCUT2D eigenvalue weighted by Gasteiger charge is 2.20. The molecule has 2 unspecified atom stereocenters. The summed E-state index contributed by atoms with van der Waals surface area (Å²) >= 11 is 0. The van der Waals surface area contributed by atoms with Crippen molar-refractivity contribution in [2.75, 3.05) is 0 Å². The summed E-state index contributed by atoms with van der Waals surface area (Å²) in [4.78, 5) is 0.371. The van der Waals surface area contributed by atoms with Crippen LogP contribution in [-0.4, -0.2) is 14.5 Å². The third-order valence-electron chi connectivity index (χ3n) is 3.93. The maximum atomic E-state index is 12.4. The Balaban J connectivity index is 2.10. The minimum absolute atomic E-state index is 0.0404. The molecule has 4 nitrogen and oxygen atoms in total. The molecule has 2 atom stereocenters. The summed E-state index contributed by atoms with van der Waals surface area (Å²) in [5.74, 6) is 0.525. The zero-order chi connectivity index (χ0) is 14.8. The van der Waals surface area contributed by atoms with Crippen LogP contribution in [0.3, 0.4) is 0 Å². The summed E-state index contributed by atoms with van der Waals surface area (Å²) < 4.78 is 27.5. The summed E-state index contributed by atoms with van der Waals surface area (Å²) in [6.07, 6.45) is 1.93. The van der Waals surface area contributed by atoms with Gasteiger partial charge in [-0.3, -0.25) is 0 Å². The Morgan fingerprint density at radius 3 is 2.65 bits per heavy atom. The molecule has 1 heterocycles. The number of rotatable bonds is 6. The lowest BCUT2D eigenvalue weighted by molar-refractivity contribution is 0.445. The van der Waals surface area contributed by atoms with E-state index < -0.39 is 10.0 Å². The average Bonchev–Trinajstić information content (AvgIpc) is 2.84. The summed E-state index contributed by atoms with van der Waals surface area (Å²) in [6, 6.07) is 5.35. The van der Waals surface area contributed by atoms with Gasteiger partial charge in [0, 0.05) is 19.1 Å². The van der Waals surface area contributed by atoms with E-state index in [1.807, 2.05) is 13.0 Å². The molecule has 0 fully saturated rings. The molecule has 1 aliphatic heterocycles. The number of nitrogens with one attached hydrogen (secondary N) is 2. The molecule has 0 bridgehead atoms. The van der Waals surface area contributed by atoms with Crippen LogP contribution in [0.1, 0.15) is 44.7 Å². The molecule has 0 saturated carbocycles. The molecule has 0 aromatic heterocycles. The third kappa shape index (κ3) is 3.59. The zero-order valence-electron chi connectivity index (χ0n) is 12.4. The van der Waals surface area contributed by atoms with Crippen LogP contribution in [0.25, 0.3) is 0 Å². The first-order chi connectivity index (χ1) is 9.42. The van der Waals surface area contributed by atoms with Crippen LogP contribution in [-0.2, 0) is 23.1 Å². The van der Waals surface area contributed by atoms with Crippen LogP contribution < -0.4 is 10.0 Å². The quantitative estimate of drug-likeness (QED) is 0.847. The van der Waals surface area contributed by atoms with Crippen molar-refractivity contribution in [3.05, 3.63) is 29.3 Å². The molecule has 112 valence electrons. The van der Waals surface area contributed by atoms with Gasteiger partial charge in [0.1, 0.15) is 0 Å². The fourth-order valence-electron chi connectivity index (χ4n) is 2.59. The molecule has 1 aliphatic rings. The average molecular weight is 296 g/mol. The van der Waals surface area contributed by atoms with Crippen LogP contribution in [0.2, 0.25) is 0 Å². The molecule has 20 heavy (non-hydrogen) atoms. The predicted octanol–water partition coefficient (Wildman–Crippen LogP) is 2.39. The number of sulfonamides is 1. The first-order valence-corrected chi connectivity index (χ1v) is 8.75. The number of hydrogen-bond donors (Lipinski definition) is 2. The number of hydrogen-bond acceptors (Lipinski definition) is 3. The van der Waals surface area contributed by atoms with Crippen molar-refractivity contribution in [2.45, 2.75) is 57.6 Å². The first-order valence-electron chi connectivity index (χ1n) is 7.27. The lowest BCUT2D eigenvalue weighted by Gasteiger charge is -2.18. The van der Waals surface area contributed by atoms with Gasteiger partial charge in [-0.25, -0.2) is 13.1 Å². The monoisotopic (exact) mass is 296 g/mol. The van der Waals surface area contributed by atoms with E-state index in [1.54, 1.807) is 12.1 Å². The highest BCUT2D eigenvalue weighted by atomic mass is 32.2. The van der Waals surface area contributed by atoms with E-state index in [0.29, 0.717) is 10.8 Å². The van der Waals surface area contributed by atoms with Gasteiger partial charge in [0.2, 0.25) is 10.0 Å². The van der Waals surface area contributed by atoms with E-state index in [2.05, 4.69) is 23.9 Å². The maximum Gasteiger partial charge on any atom is 0.240 e. The van der Waals surface area contributed by atoms with Gasteiger partial charge in [-0.05, 0) is 42.5 Å². The fourth-order valence-corrected chi connectivity index (χ4v) is 3.90. The molecule has 5 heteroatoms. The van der Waals surface area contributed by atoms with Gasteiger partial charge in [0.15, 0.2) is 0 Å². The number of fused-ring (bicyclic) bond motifs is 1. The molecule has 0 saturated heterocycles. The molecule has 0 aliphatic carbocycles. The molecule has 2 rings (SSSR count). The van der Waals surface area contributed by atoms with E-state index in [1.165, 1.54) is 5.56 Å². The van der Waals surface area contributed by atoms with Gasteiger partial charge >= 0.3 is 0 Å². The molecular formula is C15H24N2O2S. The van der Waals surface area contributed by atoms with E-state index in [9.17, 15) is 8.42 Å². The largest absolute Gasteiger partial charge is 0.309 e. The fraction of sp³-hybridized carbons (Fsp3) is 0.600. The standard InChI is InChI=1S/C15H24N2O2S/c1-4-11(2)7-12(3)17-20(18,19)15-6-5-13-9-16-10-14(13)8-15/h5-6,8,11-12,16-17H,4,7,9-10H2,1-3H3. The Morgan fingerprint density at radius 2 is 1.95 bits per heavy atom. The summed E-state index contributed by atoms with van der Waals surface area (Å²) in [6.45, 7) is 7.78. The van der Waals surface area contributed by atoms with Gasteiger partial charge in [-0.1, -0.05) is 26.3 Å². The lowest BCUT2D eigenvalue weighted by atomic mass is 10.0. The Bertz CT molecular complexity index is 569. The van der Waals surface area contributed by atoms with Crippen molar-refractivity contribution < 1.29 is 8.42 Å². The van der Waals surface area contributed by atoms with Crippen molar-refractivity contribution in [1.29, 1.82) is 0 Å². The Morgan fingerprint density at radius 1 is 1.25 bits per heavy atom. The second-order valence-corrected chi connectivity index (χ2v) is 7.52. The molecule has 0 spiro atoms. The van der Waals surface area contributed by atoms with Crippen molar-refractivity contribution >= 4 is 10.0 Å². The second kappa shape index (κ2) is 6.24. The minimum atomic E-state index is -3.41. The van der Waals surface area contributed by atoms with Gasteiger partial charge < -0.3 is 5.32 Å². The Kier molecular flexibility index (Phi) is 4.83. The maximum absolute atomic E-state index is 12.4. The number of benzene rings is 1. The summed E-state index contributed by atoms with van der Waals surface area (Å²) in [7, 11) is -3.41. The van der Waals surface area contributed by atoms with Crippen LogP contribution in [0.5, 0.6) is 0 Å². The van der Waals surface area contributed by atoms with Crippen molar-refractivity contribution in [2.24, 2.45) is 5.92 Å². The molecule has 0 radical (unpaired) electrons. The van der Waals surface area contributed by atoms with E-state index in [0.717, 1.165) is 31.5 Å². The minimum Gasteiger partial charge on any atom is -0.309 e. The van der Waals surface area contributed by atoms with Gasteiger partial charge in [-0.15, -0.1) is 0 Å². The van der Waals surface area contributed by atoms with Crippen molar-refractivity contribution in [1.82, 2.24) is 10.0 Å². The van der Waals surface area contributed by atoms with Gasteiger partial charge in [-0.2, -0.15) is 0 Å². The molecule has 0 amide bonds. The van der Waals surface area contributed by atoms with E-state index in [-0.39, 0.29) is 6.04 Å². The zero-order valence-corrected chi connectivity index (χ0v) is 13.3. The van der Waals surface area contributed by atoms with Crippen molar-refractivity contribution in [3.63, 3.8) is 0 Å². The third-order valence-corrected chi connectivity index (χ3v) is 5.52.